The molecule has 0 spiro atoms. The number of aliphatic hydroxyl groups is 1. The van der Waals surface area contributed by atoms with E-state index < -0.39 is 0 Å². The number of aromatic nitrogens is 2. The Morgan fingerprint density at radius 3 is 2.75 bits per heavy atom. The number of hydrogen-bond donors (Lipinski definition) is 2. The molecular formula is C13H14FN3O2S. The van der Waals surface area contributed by atoms with Crippen molar-refractivity contribution >= 4 is 17.7 Å². The minimum atomic E-state index is -0.342. The lowest BCUT2D eigenvalue weighted by molar-refractivity contribution is 0.0937. The third kappa shape index (κ3) is 3.00. The molecular weight excluding hydrogens is 281 g/mol. The Balaban J connectivity index is 2.41. The van der Waals surface area contributed by atoms with Gasteiger partial charge in [-0.25, -0.2) is 9.37 Å². The van der Waals surface area contributed by atoms with Crippen LogP contribution in [-0.4, -0.2) is 40.0 Å². The molecule has 5 nitrogen and oxygen atoms in total. The average Bonchev–Trinajstić information content (AvgIpc) is 2.89. The van der Waals surface area contributed by atoms with Crippen molar-refractivity contribution in [2.45, 2.75) is 5.16 Å². The predicted octanol–water partition coefficient (Wildman–Crippen LogP) is 1.46. The summed E-state index contributed by atoms with van der Waals surface area (Å²) in [4.78, 5) is 16.2. The van der Waals surface area contributed by atoms with Crippen molar-refractivity contribution in [2.24, 2.45) is 0 Å². The molecule has 7 heteroatoms. The second kappa shape index (κ2) is 6.53. The van der Waals surface area contributed by atoms with E-state index in [-0.39, 0.29) is 24.9 Å². The SMILES string of the molecule is CSc1ncc(C(=O)NCCO)n1-c1ccc(F)cc1. The molecule has 0 saturated heterocycles. The number of amides is 1. The largest absolute Gasteiger partial charge is 0.395 e. The first kappa shape index (κ1) is 14.5. The van der Waals surface area contributed by atoms with Gasteiger partial charge >= 0.3 is 0 Å². The highest BCUT2D eigenvalue weighted by molar-refractivity contribution is 7.98. The van der Waals surface area contributed by atoms with Crippen LogP contribution >= 0.6 is 11.8 Å². The van der Waals surface area contributed by atoms with Crippen molar-refractivity contribution in [3.8, 4) is 5.69 Å². The summed E-state index contributed by atoms with van der Waals surface area (Å²) >= 11 is 1.39. The maximum Gasteiger partial charge on any atom is 0.270 e. The van der Waals surface area contributed by atoms with Crippen LogP contribution < -0.4 is 5.32 Å². The van der Waals surface area contributed by atoms with E-state index in [0.29, 0.717) is 16.5 Å². The number of nitrogens with one attached hydrogen (secondary N) is 1. The highest BCUT2D eigenvalue weighted by Crippen LogP contribution is 2.21. The fourth-order valence-electron chi connectivity index (χ4n) is 1.74. The van der Waals surface area contributed by atoms with E-state index in [1.807, 2.05) is 6.26 Å². The van der Waals surface area contributed by atoms with E-state index in [9.17, 15) is 9.18 Å². The number of carbonyl (C=O) groups excluding carboxylic acids is 1. The van der Waals surface area contributed by atoms with Gasteiger partial charge in [-0.1, -0.05) is 11.8 Å². The van der Waals surface area contributed by atoms with Crippen molar-refractivity contribution in [1.82, 2.24) is 14.9 Å². The van der Waals surface area contributed by atoms with Gasteiger partial charge in [0.25, 0.3) is 5.91 Å². The van der Waals surface area contributed by atoms with Crippen LogP contribution in [0.1, 0.15) is 10.5 Å². The smallest absolute Gasteiger partial charge is 0.270 e. The summed E-state index contributed by atoms with van der Waals surface area (Å²) in [6.45, 7) is 0.0356. The van der Waals surface area contributed by atoms with E-state index in [1.165, 1.54) is 30.1 Å². The Kier molecular flexibility index (Phi) is 4.75. The van der Waals surface area contributed by atoms with E-state index in [4.69, 9.17) is 5.11 Å². The molecule has 0 saturated carbocycles. The van der Waals surface area contributed by atoms with Gasteiger partial charge in [0.1, 0.15) is 11.5 Å². The summed E-state index contributed by atoms with van der Waals surface area (Å²) in [5, 5.41) is 12.0. The average molecular weight is 295 g/mol. The Morgan fingerprint density at radius 2 is 2.15 bits per heavy atom. The summed E-state index contributed by atoms with van der Waals surface area (Å²) in [5.41, 5.74) is 0.997. The van der Waals surface area contributed by atoms with E-state index in [2.05, 4.69) is 10.3 Å². The van der Waals surface area contributed by atoms with Crippen molar-refractivity contribution in [1.29, 1.82) is 0 Å². The molecule has 0 aliphatic rings. The highest BCUT2D eigenvalue weighted by Gasteiger charge is 2.17. The van der Waals surface area contributed by atoms with E-state index in [1.54, 1.807) is 16.7 Å². The van der Waals surface area contributed by atoms with Crippen LogP contribution in [-0.2, 0) is 0 Å². The molecule has 0 bridgehead atoms. The van der Waals surface area contributed by atoms with Crippen LogP contribution in [0, 0.1) is 5.82 Å². The quantitative estimate of drug-likeness (QED) is 0.820. The maximum absolute atomic E-state index is 13.0. The summed E-state index contributed by atoms with van der Waals surface area (Å²) in [6.07, 6.45) is 3.31. The molecule has 1 heterocycles. The Morgan fingerprint density at radius 1 is 1.45 bits per heavy atom. The van der Waals surface area contributed by atoms with Crippen molar-refractivity contribution in [3.05, 3.63) is 42.0 Å². The molecule has 0 fully saturated rings. The lowest BCUT2D eigenvalue weighted by Crippen LogP contribution is -2.28. The Labute approximate surface area is 119 Å². The number of benzene rings is 1. The number of halogens is 1. The van der Waals surface area contributed by atoms with Crippen LogP contribution in [0.4, 0.5) is 4.39 Å². The number of imidazole rings is 1. The molecule has 20 heavy (non-hydrogen) atoms. The van der Waals surface area contributed by atoms with Crippen LogP contribution in [0.15, 0.2) is 35.6 Å². The van der Waals surface area contributed by atoms with Gasteiger partial charge in [0, 0.05) is 12.2 Å². The first-order chi connectivity index (χ1) is 9.67. The Hall–Kier alpha value is -1.86. The summed E-state index contributed by atoms with van der Waals surface area (Å²) in [7, 11) is 0. The molecule has 0 radical (unpaired) electrons. The molecule has 0 atom stereocenters. The zero-order valence-electron chi connectivity index (χ0n) is 10.8. The third-order valence-electron chi connectivity index (χ3n) is 2.63. The van der Waals surface area contributed by atoms with Gasteiger partial charge in [-0.15, -0.1) is 0 Å². The van der Waals surface area contributed by atoms with Gasteiger partial charge in [-0.05, 0) is 30.5 Å². The molecule has 2 rings (SSSR count). The number of nitrogens with zero attached hydrogens (tertiary/aromatic N) is 2. The minimum absolute atomic E-state index is 0.133. The van der Waals surface area contributed by atoms with Gasteiger partial charge in [0.05, 0.1) is 12.8 Å². The monoisotopic (exact) mass is 295 g/mol. The number of aliphatic hydroxyl groups excluding tert-OH is 1. The van der Waals surface area contributed by atoms with Crippen LogP contribution in [0.2, 0.25) is 0 Å². The normalized spacial score (nSPS) is 10.6. The molecule has 106 valence electrons. The lowest BCUT2D eigenvalue weighted by Gasteiger charge is -2.10. The third-order valence-corrected chi connectivity index (χ3v) is 3.28. The van der Waals surface area contributed by atoms with Crippen LogP contribution in [0.3, 0.4) is 0 Å². The molecule has 1 aromatic carbocycles. The fourth-order valence-corrected chi connectivity index (χ4v) is 2.28. The van der Waals surface area contributed by atoms with E-state index >= 15 is 0 Å². The predicted molar refractivity (Wildman–Crippen MR) is 74.7 cm³/mol. The van der Waals surface area contributed by atoms with Crippen LogP contribution in [0.25, 0.3) is 5.69 Å². The second-order valence-electron chi connectivity index (χ2n) is 3.92. The van der Waals surface area contributed by atoms with E-state index in [0.717, 1.165) is 0 Å². The minimum Gasteiger partial charge on any atom is -0.395 e. The van der Waals surface area contributed by atoms with Crippen molar-refractivity contribution < 1.29 is 14.3 Å². The van der Waals surface area contributed by atoms with Crippen LogP contribution in [0.5, 0.6) is 0 Å². The van der Waals surface area contributed by atoms with Gasteiger partial charge in [0.15, 0.2) is 5.16 Å². The first-order valence-electron chi connectivity index (χ1n) is 5.94. The standard InChI is InChI=1S/C13H14FN3O2S/c1-20-13-16-8-11(12(19)15-6-7-18)17(13)10-4-2-9(14)3-5-10/h2-5,8,18H,6-7H2,1H3,(H,15,19). The second-order valence-corrected chi connectivity index (χ2v) is 4.69. The zero-order chi connectivity index (χ0) is 14.5. The maximum atomic E-state index is 13.0. The molecule has 1 amide bonds. The zero-order valence-corrected chi connectivity index (χ0v) is 11.7. The summed E-state index contributed by atoms with van der Waals surface area (Å²) in [6, 6.07) is 5.82. The lowest BCUT2D eigenvalue weighted by atomic mass is 10.3. The molecule has 2 aromatic rings. The van der Waals surface area contributed by atoms with Gasteiger partial charge in [-0.2, -0.15) is 0 Å². The molecule has 0 aliphatic heterocycles. The Bertz CT molecular complexity index is 598. The van der Waals surface area contributed by atoms with Gasteiger partial charge < -0.3 is 10.4 Å². The van der Waals surface area contributed by atoms with Gasteiger partial charge in [0.2, 0.25) is 0 Å². The van der Waals surface area contributed by atoms with Crippen molar-refractivity contribution in [3.63, 3.8) is 0 Å². The number of hydrogen-bond acceptors (Lipinski definition) is 4. The molecule has 0 unspecified atom stereocenters. The number of thioether (sulfide) groups is 1. The molecule has 0 aliphatic carbocycles. The topological polar surface area (TPSA) is 67.2 Å². The summed E-state index contributed by atoms with van der Waals surface area (Å²) < 4.78 is 14.6. The fraction of sp³-hybridized carbons (Fsp3) is 0.231. The highest BCUT2D eigenvalue weighted by atomic mass is 32.2. The number of rotatable bonds is 5. The first-order valence-corrected chi connectivity index (χ1v) is 7.16. The van der Waals surface area contributed by atoms with Crippen molar-refractivity contribution in [2.75, 3.05) is 19.4 Å². The number of carbonyl (C=O) groups is 1. The summed E-state index contributed by atoms with van der Waals surface area (Å²) in [5.74, 6) is -0.679. The molecule has 2 N–H and O–H groups in total. The molecule has 1 aromatic heterocycles. The van der Waals surface area contributed by atoms with Gasteiger partial charge in [-0.3, -0.25) is 9.36 Å².